The van der Waals surface area contributed by atoms with E-state index in [1.54, 1.807) is 18.2 Å². The van der Waals surface area contributed by atoms with Crippen LogP contribution in [0.2, 0.25) is 30.1 Å². The SMILES string of the molecule is Cc1ccc(N=C2NN(c3c(Cl)c(Cl)c(Cl)c(Cl)c3Cl)C(=O)C2Oc2ccc([N+](=O)[O-])cc2CSc2nnnn2C=O)c(Cl)c1. The fourth-order valence-corrected chi connectivity index (χ4v) is 6.35. The molecule has 0 saturated carbocycles. The maximum absolute atomic E-state index is 14.0. The van der Waals surface area contributed by atoms with Crippen molar-refractivity contribution in [2.45, 2.75) is 23.9 Å². The van der Waals surface area contributed by atoms with Crippen LogP contribution in [0.4, 0.5) is 17.1 Å². The van der Waals surface area contributed by atoms with Gasteiger partial charge in [0.1, 0.15) is 11.4 Å². The number of anilines is 1. The first-order chi connectivity index (χ1) is 21.4. The van der Waals surface area contributed by atoms with Gasteiger partial charge in [-0.3, -0.25) is 25.1 Å². The van der Waals surface area contributed by atoms with E-state index in [0.717, 1.165) is 27.0 Å². The molecule has 1 atom stereocenters. The van der Waals surface area contributed by atoms with E-state index in [4.69, 9.17) is 74.3 Å². The predicted molar refractivity (Wildman–Crippen MR) is 172 cm³/mol. The van der Waals surface area contributed by atoms with Crippen molar-refractivity contribution in [2.75, 3.05) is 5.01 Å². The van der Waals surface area contributed by atoms with E-state index >= 15 is 0 Å². The third-order valence-corrected chi connectivity index (χ3v) is 9.63. The number of amidine groups is 1. The smallest absolute Gasteiger partial charge is 0.294 e. The average molecular weight is 751 g/mol. The number of nitro groups is 1. The third-order valence-electron chi connectivity index (χ3n) is 6.09. The van der Waals surface area contributed by atoms with Gasteiger partial charge in [-0.05, 0) is 41.1 Å². The minimum Gasteiger partial charge on any atom is -0.472 e. The zero-order chi connectivity index (χ0) is 32.6. The fraction of sp³-hybridized carbons (Fsp3) is 0.120. The molecule has 0 aliphatic carbocycles. The number of hydrogen-bond donors (Lipinski definition) is 1. The Hall–Kier alpha value is -3.37. The highest BCUT2D eigenvalue weighted by atomic mass is 35.5. The van der Waals surface area contributed by atoms with Crippen LogP contribution in [0, 0.1) is 17.0 Å². The number of halogens is 6. The van der Waals surface area contributed by atoms with Crippen molar-refractivity contribution >= 4 is 117 Å². The summed E-state index contributed by atoms with van der Waals surface area (Å²) in [5, 5.41) is 22.8. The van der Waals surface area contributed by atoms with Gasteiger partial charge in [-0.2, -0.15) is 4.68 Å². The molecule has 45 heavy (non-hydrogen) atoms. The number of thioether (sulfide) groups is 1. The van der Waals surface area contributed by atoms with Crippen molar-refractivity contribution in [3.05, 3.63) is 87.8 Å². The standard InChI is InChI=1S/C25H14Cl6N8O5S/c1-10-2-4-14(13(26)6-10)32-23-22(24(41)38(34-23)21-19(30)17(28)16(27)18(29)20(21)31)44-15-5-3-12(39(42)43)7-11(15)8-45-25-33-35-36-37(25)9-40/h2-7,9,22H,8H2,1H3,(H,32,34). The third kappa shape index (κ3) is 6.63. The minimum atomic E-state index is -1.49. The van der Waals surface area contributed by atoms with Crippen LogP contribution in [0.3, 0.4) is 0 Å². The first kappa shape index (κ1) is 33.0. The Morgan fingerprint density at radius 3 is 2.40 bits per heavy atom. The second kappa shape index (κ2) is 13.5. The number of nitro benzene ring substituents is 1. The van der Waals surface area contributed by atoms with Gasteiger partial charge in [0, 0.05) is 23.4 Å². The van der Waals surface area contributed by atoms with Crippen LogP contribution in [-0.2, 0) is 15.3 Å². The highest BCUT2D eigenvalue weighted by Gasteiger charge is 2.43. The maximum Gasteiger partial charge on any atom is 0.294 e. The summed E-state index contributed by atoms with van der Waals surface area (Å²) < 4.78 is 7.06. The summed E-state index contributed by atoms with van der Waals surface area (Å²) in [4.78, 5) is 40.7. The van der Waals surface area contributed by atoms with Crippen LogP contribution >= 0.6 is 81.4 Å². The number of ether oxygens (including phenoxy) is 1. The molecule has 0 bridgehead atoms. The number of hydrazine groups is 1. The Morgan fingerprint density at radius 2 is 1.76 bits per heavy atom. The molecule has 1 amide bonds. The molecular formula is C25H14Cl6N8O5S. The number of benzene rings is 3. The van der Waals surface area contributed by atoms with Crippen molar-refractivity contribution in [2.24, 2.45) is 4.99 Å². The van der Waals surface area contributed by atoms with Crippen molar-refractivity contribution in [1.29, 1.82) is 0 Å². The Bertz CT molecular complexity index is 1880. The number of hydrogen-bond acceptors (Lipinski definition) is 10. The molecule has 1 N–H and O–H groups in total. The monoisotopic (exact) mass is 748 g/mol. The number of non-ortho nitro benzene ring substituents is 1. The van der Waals surface area contributed by atoms with Crippen LogP contribution in [0.15, 0.2) is 46.5 Å². The van der Waals surface area contributed by atoms with Crippen LogP contribution in [0.25, 0.3) is 0 Å². The number of rotatable bonds is 9. The van der Waals surface area contributed by atoms with Gasteiger partial charge in [0.2, 0.25) is 17.7 Å². The zero-order valence-corrected chi connectivity index (χ0v) is 27.5. The summed E-state index contributed by atoms with van der Waals surface area (Å²) in [5.74, 6) is -0.758. The van der Waals surface area contributed by atoms with Crippen molar-refractivity contribution in [3.63, 3.8) is 0 Å². The minimum absolute atomic E-state index is 0.000394. The van der Waals surface area contributed by atoms with Gasteiger partial charge >= 0.3 is 0 Å². The van der Waals surface area contributed by atoms with Gasteiger partial charge in [-0.25, -0.2) is 10.0 Å². The van der Waals surface area contributed by atoms with Crippen LogP contribution in [0.5, 0.6) is 5.75 Å². The van der Waals surface area contributed by atoms with E-state index in [1.807, 2.05) is 6.92 Å². The highest BCUT2D eigenvalue weighted by molar-refractivity contribution is 7.98. The Balaban J connectivity index is 1.59. The molecule has 20 heteroatoms. The van der Waals surface area contributed by atoms with Gasteiger partial charge in [0.25, 0.3) is 11.6 Å². The molecule has 1 fully saturated rings. The molecule has 2 heterocycles. The molecule has 232 valence electrons. The predicted octanol–water partition coefficient (Wildman–Crippen LogP) is 7.17. The largest absolute Gasteiger partial charge is 0.472 e. The molecule has 0 spiro atoms. The lowest BCUT2D eigenvalue weighted by Crippen LogP contribution is -2.37. The quantitative estimate of drug-likeness (QED) is 0.0354. The van der Waals surface area contributed by atoms with E-state index in [-0.39, 0.29) is 75.3 Å². The van der Waals surface area contributed by atoms with E-state index in [2.05, 4.69) is 25.9 Å². The molecular weight excluding hydrogens is 737 g/mol. The topological polar surface area (TPSA) is 158 Å². The van der Waals surface area contributed by atoms with Crippen molar-refractivity contribution < 1.29 is 19.2 Å². The Labute approximate surface area is 287 Å². The van der Waals surface area contributed by atoms with Gasteiger partial charge < -0.3 is 4.74 Å². The molecule has 0 radical (unpaired) electrons. The number of carbonyl (C=O) groups excluding carboxylic acids is 2. The second-order valence-corrected chi connectivity index (χ2v) is 12.2. The molecule has 3 aromatic carbocycles. The van der Waals surface area contributed by atoms with E-state index in [0.29, 0.717) is 6.41 Å². The molecule has 1 aliphatic rings. The number of carbonyl (C=O) groups is 2. The van der Waals surface area contributed by atoms with Crippen LogP contribution in [0.1, 0.15) is 11.1 Å². The summed E-state index contributed by atoms with van der Waals surface area (Å²) in [5.41, 5.74) is 3.87. The molecule has 5 rings (SSSR count). The number of aliphatic imine (C=N–C) groups is 1. The van der Waals surface area contributed by atoms with Gasteiger partial charge in [0.15, 0.2) is 5.84 Å². The summed E-state index contributed by atoms with van der Waals surface area (Å²) in [6.45, 7) is 1.84. The fourth-order valence-electron chi connectivity index (χ4n) is 3.96. The van der Waals surface area contributed by atoms with Gasteiger partial charge in [-0.15, -0.1) is 5.10 Å². The summed E-state index contributed by atoms with van der Waals surface area (Å²) in [7, 11) is 0. The number of nitrogens with one attached hydrogen (secondary N) is 1. The van der Waals surface area contributed by atoms with Gasteiger partial charge in [0.05, 0.1) is 40.7 Å². The number of aromatic nitrogens is 4. The molecule has 1 aliphatic heterocycles. The average Bonchev–Trinajstić information content (AvgIpc) is 3.59. The molecule has 1 unspecified atom stereocenters. The van der Waals surface area contributed by atoms with Crippen molar-refractivity contribution in [1.82, 2.24) is 25.6 Å². The second-order valence-electron chi connectivity index (χ2n) is 9.00. The molecule has 1 aromatic heterocycles. The normalized spacial score (nSPS) is 15.4. The van der Waals surface area contributed by atoms with Gasteiger partial charge in [-0.1, -0.05) is 87.4 Å². The summed E-state index contributed by atoms with van der Waals surface area (Å²) in [6.07, 6.45) is -1.09. The van der Waals surface area contributed by atoms with E-state index in [1.165, 1.54) is 18.2 Å². The Kier molecular flexibility index (Phi) is 9.94. The van der Waals surface area contributed by atoms with Crippen molar-refractivity contribution in [3.8, 4) is 5.75 Å². The first-order valence-corrected chi connectivity index (χ1v) is 15.4. The number of amides is 1. The number of nitrogens with zero attached hydrogens (tertiary/aromatic N) is 7. The zero-order valence-electron chi connectivity index (χ0n) is 22.2. The molecule has 1 saturated heterocycles. The number of aryl methyl sites for hydroxylation is 1. The Morgan fingerprint density at radius 1 is 1.07 bits per heavy atom. The summed E-state index contributed by atoms with van der Waals surface area (Å²) >= 11 is 39.0. The number of tetrazole rings is 1. The van der Waals surface area contributed by atoms with E-state index < -0.39 is 16.9 Å². The lowest BCUT2D eigenvalue weighted by Gasteiger charge is -2.21. The summed E-state index contributed by atoms with van der Waals surface area (Å²) in [6, 6.07) is 8.85. The maximum atomic E-state index is 14.0. The lowest BCUT2D eigenvalue weighted by atomic mass is 10.2. The molecule has 4 aromatic rings. The first-order valence-electron chi connectivity index (χ1n) is 12.2. The van der Waals surface area contributed by atoms with Crippen LogP contribution < -0.4 is 15.2 Å². The molecule has 13 nitrogen and oxygen atoms in total. The highest BCUT2D eigenvalue weighted by Crippen LogP contribution is 2.49. The lowest BCUT2D eigenvalue weighted by molar-refractivity contribution is -0.384. The van der Waals surface area contributed by atoms with Crippen LogP contribution in [-0.4, -0.2) is 49.4 Å². The van der Waals surface area contributed by atoms with E-state index in [9.17, 15) is 19.7 Å².